The highest BCUT2D eigenvalue weighted by Crippen LogP contribution is 2.10. The lowest BCUT2D eigenvalue weighted by molar-refractivity contribution is 0.0656. The van der Waals surface area contributed by atoms with Crippen molar-refractivity contribution in [3.63, 3.8) is 0 Å². The van der Waals surface area contributed by atoms with E-state index in [1.807, 2.05) is 38.1 Å². The predicted molar refractivity (Wildman–Crippen MR) is 80.8 cm³/mol. The Morgan fingerprint density at radius 3 is 2.57 bits per heavy atom. The second-order valence-corrected chi connectivity index (χ2v) is 5.32. The average Bonchev–Trinajstić information content (AvgIpc) is 2.97. The van der Waals surface area contributed by atoms with Gasteiger partial charge in [-0.25, -0.2) is 0 Å². The van der Waals surface area contributed by atoms with Crippen molar-refractivity contribution < 1.29 is 9.53 Å². The number of hydrogen-bond donors (Lipinski definition) is 1. The van der Waals surface area contributed by atoms with Gasteiger partial charge in [-0.05, 0) is 31.5 Å². The van der Waals surface area contributed by atoms with Crippen LogP contribution in [0.5, 0.6) is 0 Å². The molecule has 0 fully saturated rings. The zero-order valence-electron chi connectivity index (χ0n) is 12.7. The Morgan fingerprint density at radius 2 is 2.00 bits per heavy atom. The second kappa shape index (κ2) is 7.04. The molecule has 0 atom stereocenters. The first-order valence-corrected chi connectivity index (χ1v) is 7.00. The third kappa shape index (κ3) is 4.43. The molecule has 1 heterocycles. The Bertz CT molecular complexity index is 562. The number of hydrogen-bond acceptors (Lipinski definition) is 3. The molecule has 0 aliphatic rings. The molecule has 1 aromatic carbocycles. The number of carbonyl (C=O) groups is 1. The second-order valence-electron chi connectivity index (χ2n) is 5.32. The maximum Gasteiger partial charge on any atom is 0.253 e. The Labute approximate surface area is 124 Å². The lowest BCUT2D eigenvalue weighted by Gasteiger charge is -2.16. The molecule has 2 aromatic rings. The Balaban J connectivity index is 1.95. The van der Waals surface area contributed by atoms with Gasteiger partial charge in [0.15, 0.2) is 0 Å². The maximum absolute atomic E-state index is 12.3. The summed E-state index contributed by atoms with van der Waals surface area (Å²) in [5.41, 5.74) is 2.72. The fraction of sp³-hybridized carbons (Fsp3) is 0.375. The lowest BCUT2D eigenvalue weighted by atomic mass is 10.1. The Hall–Kier alpha value is -2.14. The van der Waals surface area contributed by atoms with Gasteiger partial charge in [-0.1, -0.05) is 12.1 Å². The summed E-state index contributed by atoms with van der Waals surface area (Å²) >= 11 is 0. The van der Waals surface area contributed by atoms with Crippen LogP contribution >= 0.6 is 0 Å². The summed E-state index contributed by atoms with van der Waals surface area (Å²) in [5.74, 6) is -0.00692. The van der Waals surface area contributed by atoms with E-state index in [2.05, 4.69) is 10.2 Å². The van der Waals surface area contributed by atoms with E-state index in [4.69, 9.17) is 4.74 Å². The number of ether oxygens (including phenoxy) is 1. The molecule has 5 nitrogen and oxygen atoms in total. The third-order valence-corrected chi connectivity index (χ3v) is 3.11. The maximum atomic E-state index is 12.3. The molecule has 0 bridgehead atoms. The van der Waals surface area contributed by atoms with E-state index < -0.39 is 0 Å². The standard InChI is InChI=1S/C16H21N3O2/c1-12(2)21-11-13-4-6-15(7-5-13)16(20)19(3)10-14-8-17-18-9-14/h4-9,12H,10-11H2,1-3H3,(H,17,18). The van der Waals surface area contributed by atoms with Crippen molar-refractivity contribution in [3.8, 4) is 0 Å². The van der Waals surface area contributed by atoms with Crippen molar-refractivity contribution in [2.24, 2.45) is 0 Å². The van der Waals surface area contributed by atoms with Crippen LogP contribution in [-0.2, 0) is 17.9 Å². The van der Waals surface area contributed by atoms with Crippen LogP contribution in [0.3, 0.4) is 0 Å². The summed E-state index contributed by atoms with van der Waals surface area (Å²) in [6.45, 7) is 5.11. The first-order valence-electron chi connectivity index (χ1n) is 7.00. The normalized spacial score (nSPS) is 10.9. The molecule has 1 amide bonds. The minimum absolute atomic E-state index is 0.00692. The van der Waals surface area contributed by atoms with E-state index in [1.54, 1.807) is 24.3 Å². The third-order valence-electron chi connectivity index (χ3n) is 3.11. The number of benzene rings is 1. The number of amides is 1. The van der Waals surface area contributed by atoms with Gasteiger partial charge in [-0.15, -0.1) is 0 Å². The van der Waals surface area contributed by atoms with E-state index in [0.717, 1.165) is 11.1 Å². The Kier molecular flexibility index (Phi) is 5.11. The minimum Gasteiger partial charge on any atom is -0.374 e. The van der Waals surface area contributed by atoms with Crippen LogP contribution in [0.4, 0.5) is 0 Å². The van der Waals surface area contributed by atoms with E-state index >= 15 is 0 Å². The topological polar surface area (TPSA) is 58.2 Å². The first kappa shape index (κ1) is 15.3. The summed E-state index contributed by atoms with van der Waals surface area (Å²) < 4.78 is 5.54. The number of aromatic amines is 1. The van der Waals surface area contributed by atoms with Crippen LogP contribution < -0.4 is 0 Å². The molecule has 0 aliphatic carbocycles. The molecule has 1 N–H and O–H groups in total. The van der Waals surface area contributed by atoms with Crippen molar-refractivity contribution in [2.75, 3.05) is 7.05 Å². The quantitative estimate of drug-likeness (QED) is 0.888. The van der Waals surface area contributed by atoms with Crippen molar-refractivity contribution in [1.29, 1.82) is 0 Å². The molecular formula is C16H21N3O2. The van der Waals surface area contributed by atoms with E-state index in [1.165, 1.54) is 0 Å². The summed E-state index contributed by atoms with van der Waals surface area (Å²) in [4.78, 5) is 14.0. The van der Waals surface area contributed by atoms with Crippen LogP contribution in [0.25, 0.3) is 0 Å². The van der Waals surface area contributed by atoms with Gasteiger partial charge in [0.1, 0.15) is 0 Å². The number of aromatic nitrogens is 2. The summed E-state index contributed by atoms with van der Waals surface area (Å²) in [5, 5.41) is 6.62. The van der Waals surface area contributed by atoms with Gasteiger partial charge in [0.05, 0.1) is 18.9 Å². The van der Waals surface area contributed by atoms with Crippen molar-refractivity contribution >= 4 is 5.91 Å². The zero-order chi connectivity index (χ0) is 15.2. The molecule has 21 heavy (non-hydrogen) atoms. The molecule has 5 heteroatoms. The van der Waals surface area contributed by atoms with Gasteiger partial charge >= 0.3 is 0 Å². The highest BCUT2D eigenvalue weighted by Gasteiger charge is 2.12. The summed E-state index contributed by atoms with van der Waals surface area (Å²) in [6.07, 6.45) is 3.71. The molecule has 0 aliphatic heterocycles. The number of nitrogens with one attached hydrogen (secondary N) is 1. The smallest absolute Gasteiger partial charge is 0.253 e. The number of rotatable bonds is 6. The van der Waals surface area contributed by atoms with Gasteiger partial charge in [-0.2, -0.15) is 5.10 Å². The molecule has 0 unspecified atom stereocenters. The van der Waals surface area contributed by atoms with E-state index in [0.29, 0.717) is 18.7 Å². The number of H-pyrrole nitrogens is 1. The summed E-state index contributed by atoms with van der Waals surface area (Å²) in [7, 11) is 1.78. The van der Waals surface area contributed by atoms with Gasteiger partial charge in [-0.3, -0.25) is 9.89 Å². The van der Waals surface area contributed by atoms with Gasteiger partial charge in [0, 0.05) is 30.9 Å². The van der Waals surface area contributed by atoms with Gasteiger partial charge in [0.25, 0.3) is 5.91 Å². The van der Waals surface area contributed by atoms with Gasteiger partial charge in [0.2, 0.25) is 0 Å². The molecule has 2 rings (SSSR count). The molecular weight excluding hydrogens is 266 g/mol. The van der Waals surface area contributed by atoms with Crippen LogP contribution in [0.2, 0.25) is 0 Å². The fourth-order valence-electron chi connectivity index (χ4n) is 1.94. The summed E-state index contributed by atoms with van der Waals surface area (Å²) in [6, 6.07) is 7.54. The van der Waals surface area contributed by atoms with Crippen LogP contribution in [0.1, 0.15) is 35.3 Å². The van der Waals surface area contributed by atoms with Crippen molar-refractivity contribution in [3.05, 3.63) is 53.3 Å². The highest BCUT2D eigenvalue weighted by atomic mass is 16.5. The van der Waals surface area contributed by atoms with Crippen molar-refractivity contribution in [2.45, 2.75) is 33.1 Å². The van der Waals surface area contributed by atoms with E-state index in [9.17, 15) is 4.79 Å². The van der Waals surface area contributed by atoms with Gasteiger partial charge < -0.3 is 9.64 Å². The first-order chi connectivity index (χ1) is 10.1. The predicted octanol–water partition coefficient (Wildman–Crippen LogP) is 2.61. The Morgan fingerprint density at radius 1 is 1.29 bits per heavy atom. The molecule has 0 radical (unpaired) electrons. The molecule has 112 valence electrons. The SMILES string of the molecule is CC(C)OCc1ccc(C(=O)N(C)Cc2cn[nH]c2)cc1. The van der Waals surface area contributed by atoms with Crippen LogP contribution in [0.15, 0.2) is 36.7 Å². The molecule has 0 saturated carbocycles. The van der Waals surface area contributed by atoms with Crippen LogP contribution in [0, 0.1) is 0 Å². The molecule has 1 aromatic heterocycles. The minimum atomic E-state index is -0.00692. The van der Waals surface area contributed by atoms with E-state index in [-0.39, 0.29) is 12.0 Å². The zero-order valence-corrected chi connectivity index (χ0v) is 12.7. The van der Waals surface area contributed by atoms with Crippen molar-refractivity contribution in [1.82, 2.24) is 15.1 Å². The lowest BCUT2D eigenvalue weighted by Crippen LogP contribution is -2.26. The molecule has 0 saturated heterocycles. The van der Waals surface area contributed by atoms with Crippen LogP contribution in [-0.4, -0.2) is 34.2 Å². The largest absolute Gasteiger partial charge is 0.374 e. The average molecular weight is 287 g/mol. The fourth-order valence-corrected chi connectivity index (χ4v) is 1.94. The number of nitrogens with zero attached hydrogens (tertiary/aromatic N) is 2. The highest BCUT2D eigenvalue weighted by molar-refractivity contribution is 5.94. The molecule has 0 spiro atoms. The number of carbonyl (C=O) groups excluding carboxylic acids is 1. The monoisotopic (exact) mass is 287 g/mol.